The quantitative estimate of drug-likeness (QED) is 0.625. The van der Waals surface area contributed by atoms with Crippen LogP contribution in [0.25, 0.3) is 0 Å². The van der Waals surface area contributed by atoms with Gasteiger partial charge in [0.1, 0.15) is 0 Å². The van der Waals surface area contributed by atoms with E-state index in [-0.39, 0.29) is 6.10 Å². The lowest BCUT2D eigenvalue weighted by Gasteiger charge is -2.19. The normalized spacial score (nSPS) is 29.0. The summed E-state index contributed by atoms with van der Waals surface area (Å²) in [6.07, 6.45) is 1.86. The van der Waals surface area contributed by atoms with Crippen molar-refractivity contribution in [3.8, 4) is 0 Å². The molecule has 3 atom stereocenters. The molecule has 0 aromatic rings. The molecule has 1 saturated carbocycles. The molecule has 1 aliphatic carbocycles. The van der Waals surface area contributed by atoms with Crippen molar-refractivity contribution in [1.82, 2.24) is 0 Å². The Morgan fingerprint density at radius 2 is 2.07 bits per heavy atom. The average Bonchev–Trinajstić information content (AvgIpc) is 2.44. The molecule has 88 valence electrons. The Labute approximate surface area is 87.4 Å². The van der Waals surface area contributed by atoms with Crippen molar-refractivity contribution in [3.05, 3.63) is 0 Å². The highest BCUT2D eigenvalue weighted by atomic mass is 31.2. The fourth-order valence-electron chi connectivity index (χ4n) is 1.74. The number of carboxylic acids is 1. The highest BCUT2D eigenvalue weighted by molar-refractivity contribution is 7.53. The Hall–Kier alpha value is -0.420. The van der Waals surface area contributed by atoms with Crippen LogP contribution in [0.2, 0.25) is 0 Å². The summed E-state index contributed by atoms with van der Waals surface area (Å²) in [6, 6.07) is 0. The van der Waals surface area contributed by atoms with Crippen LogP contribution in [0, 0.1) is 5.92 Å². The second-order valence-corrected chi connectivity index (χ2v) is 5.60. The number of aliphatic carboxylic acids is 1. The van der Waals surface area contributed by atoms with Crippen molar-refractivity contribution in [2.24, 2.45) is 5.92 Å². The van der Waals surface area contributed by atoms with E-state index in [1.807, 2.05) is 6.92 Å². The first-order valence-electron chi connectivity index (χ1n) is 4.74. The molecule has 3 N–H and O–H groups in total. The van der Waals surface area contributed by atoms with E-state index in [9.17, 15) is 9.36 Å². The summed E-state index contributed by atoms with van der Waals surface area (Å²) in [7, 11) is -4.73. The lowest BCUT2D eigenvalue weighted by molar-refractivity contribution is -0.148. The predicted molar refractivity (Wildman–Crippen MR) is 51.4 cm³/mol. The Kier molecular flexibility index (Phi) is 3.89. The first-order chi connectivity index (χ1) is 6.80. The minimum atomic E-state index is -4.73. The molecule has 0 amide bonds. The molecule has 0 heterocycles. The maximum Gasteiger partial charge on any atom is 0.365 e. The molecule has 1 aliphatic rings. The zero-order chi connectivity index (χ0) is 11.6. The highest BCUT2D eigenvalue weighted by Crippen LogP contribution is 2.44. The molecule has 7 heteroatoms. The van der Waals surface area contributed by atoms with Gasteiger partial charge >= 0.3 is 13.6 Å². The Balaban J connectivity index is 2.60. The standard InChI is InChI=1S/C8H15O6P/c1-5-2-3-6(4-5)14-8(7(9)10)15(11,12)13/h5-6,8H,2-4H2,1H3,(H,9,10)(H2,11,12,13)/t5-,6+,8?/m1/s1. The van der Waals surface area contributed by atoms with Gasteiger partial charge < -0.3 is 19.6 Å². The number of carbonyl (C=O) groups is 1. The van der Waals surface area contributed by atoms with E-state index in [2.05, 4.69) is 0 Å². The van der Waals surface area contributed by atoms with E-state index in [4.69, 9.17) is 19.6 Å². The third-order valence-corrected chi connectivity index (χ3v) is 3.44. The predicted octanol–water partition coefficient (Wildman–Crippen LogP) is 0.780. The Bertz CT molecular complexity index is 285. The molecule has 0 radical (unpaired) electrons. The SMILES string of the molecule is C[C@@H]1CC[C@H](OC(C(=O)O)P(=O)(O)O)C1. The second-order valence-electron chi connectivity index (χ2n) is 3.96. The van der Waals surface area contributed by atoms with Crippen LogP contribution < -0.4 is 0 Å². The van der Waals surface area contributed by atoms with Gasteiger partial charge in [-0.05, 0) is 25.2 Å². The third kappa shape index (κ3) is 3.57. The lowest BCUT2D eigenvalue weighted by Crippen LogP contribution is -2.28. The van der Waals surface area contributed by atoms with Crippen molar-refractivity contribution in [3.63, 3.8) is 0 Å². The second kappa shape index (κ2) is 4.61. The minimum absolute atomic E-state index is 0.353. The van der Waals surface area contributed by atoms with Gasteiger partial charge in [-0.3, -0.25) is 4.57 Å². The summed E-state index contributed by atoms with van der Waals surface area (Å²) >= 11 is 0. The van der Waals surface area contributed by atoms with Crippen LogP contribution in [0.1, 0.15) is 26.2 Å². The molecular formula is C8H15O6P. The molecule has 0 saturated heterocycles. The molecule has 0 bridgehead atoms. The maximum absolute atomic E-state index is 10.8. The lowest BCUT2D eigenvalue weighted by atomic mass is 10.1. The van der Waals surface area contributed by atoms with Crippen LogP contribution in [0.4, 0.5) is 0 Å². The monoisotopic (exact) mass is 238 g/mol. The van der Waals surface area contributed by atoms with E-state index in [1.165, 1.54) is 0 Å². The molecule has 0 spiro atoms. The van der Waals surface area contributed by atoms with Gasteiger partial charge in [0.2, 0.25) is 0 Å². The van der Waals surface area contributed by atoms with Crippen LogP contribution in [0.5, 0.6) is 0 Å². The largest absolute Gasteiger partial charge is 0.479 e. The maximum atomic E-state index is 10.8. The molecule has 0 aromatic heterocycles. The van der Waals surface area contributed by atoms with E-state index < -0.39 is 19.4 Å². The molecule has 0 aromatic carbocycles. The van der Waals surface area contributed by atoms with Crippen LogP contribution in [0.15, 0.2) is 0 Å². The molecule has 1 rings (SSSR count). The first-order valence-corrected chi connectivity index (χ1v) is 6.42. The number of hydrogen-bond acceptors (Lipinski definition) is 3. The average molecular weight is 238 g/mol. The van der Waals surface area contributed by atoms with E-state index in [0.717, 1.165) is 6.42 Å². The zero-order valence-corrected chi connectivity index (χ0v) is 9.26. The summed E-state index contributed by atoms with van der Waals surface area (Å²) in [6.45, 7) is 2.00. The molecule has 1 fully saturated rings. The zero-order valence-electron chi connectivity index (χ0n) is 8.37. The summed E-state index contributed by atoms with van der Waals surface area (Å²) in [5.74, 6) is -3.21. The van der Waals surface area contributed by atoms with Crippen molar-refractivity contribution in [2.75, 3.05) is 0 Å². The van der Waals surface area contributed by atoms with Gasteiger partial charge in [0, 0.05) is 0 Å². The van der Waals surface area contributed by atoms with Gasteiger partial charge in [0.25, 0.3) is 5.85 Å². The van der Waals surface area contributed by atoms with E-state index in [0.29, 0.717) is 18.8 Å². The number of rotatable bonds is 4. The van der Waals surface area contributed by atoms with Gasteiger partial charge in [-0.2, -0.15) is 0 Å². The number of carboxylic acid groups (broad SMARTS) is 1. The van der Waals surface area contributed by atoms with E-state index in [1.54, 1.807) is 0 Å². The van der Waals surface area contributed by atoms with Crippen LogP contribution >= 0.6 is 7.60 Å². The van der Waals surface area contributed by atoms with Gasteiger partial charge in [0.05, 0.1) is 6.10 Å². The summed E-state index contributed by atoms with van der Waals surface area (Å²) in [4.78, 5) is 28.2. The van der Waals surface area contributed by atoms with Gasteiger partial charge in [0.15, 0.2) is 0 Å². The third-order valence-electron chi connectivity index (χ3n) is 2.48. The van der Waals surface area contributed by atoms with Crippen LogP contribution in [-0.2, 0) is 14.1 Å². The van der Waals surface area contributed by atoms with Gasteiger partial charge in [-0.1, -0.05) is 6.92 Å². The Morgan fingerprint density at radius 3 is 2.40 bits per heavy atom. The van der Waals surface area contributed by atoms with Gasteiger partial charge in [-0.25, -0.2) is 4.79 Å². The Morgan fingerprint density at radius 1 is 1.47 bits per heavy atom. The molecule has 6 nitrogen and oxygen atoms in total. The first kappa shape index (κ1) is 12.6. The number of hydrogen-bond donors (Lipinski definition) is 3. The summed E-state index contributed by atoms with van der Waals surface area (Å²) in [5, 5.41) is 8.62. The van der Waals surface area contributed by atoms with Crippen LogP contribution in [-0.4, -0.2) is 32.8 Å². The number of ether oxygens (including phenoxy) is 1. The van der Waals surface area contributed by atoms with Crippen molar-refractivity contribution < 1.29 is 29.0 Å². The van der Waals surface area contributed by atoms with E-state index >= 15 is 0 Å². The fraction of sp³-hybridized carbons (Fsp3) is 0.875. The van der Waals surface area contributed by atoms with Crippen molar-refractivity contribution in [1.29, 1.82) is 0 Å². The summed E-state index contributed by atoms with van der Waals surface area (Å²) < 4.78 is 15.8. The van der Waals surface area contributed by atoms with Crippen molar-refractivity contribution in [2.45, 2.75) is 38.1 Å². The molecular weight excluding hydrogens is 223 g/mol. The minimum Gasteiger partial charge on any atom is -0.479 e. The molecule has 1 unspecified atom stereocenters. The van der Waals surface area contributed by atoms with Crippen molar-refractivity contribution >= 4 is 13.6 Å². The summed E-state index contributed by atoms with van der Waals surface area (Å²) in [5.41, 5.74) is 0. The van der Waals surface area contributed by atoms with Gasteiger partial charge in [-0.15, -0.1) is 0 Å². The topological polar surface area (TPSA) is 104 Å². The smallest absolute Gasteiger partial charge is 0.365 e. The fourth-order valence-corrected chi connectivity index (χ4v) is 2.36. The highest BCUT2D eigenvalue weighted by Gasteiger charge is 2.40. The molecule has 0 aliphatic heterocycles. The van der Waals surface area contributed by atoms with Crippen LogP contribution in [0.3, 0.4) is 0 Å². The molecule has 15 heavy (non-hydrogen) atoms.